The molecular formula is C13H13BrClFN2O2. The molecule has 2 rings (SSSR count). The second-order valence-electron chi connectivity index (χ2n) is 4.93. The van der Waals surface area contributed by atoms with E-state index in [0.717, 1.165) is 6.07 Å². The highest BCUT2D eigenvalue weighted by atomic mass is 79.9. The van der Waals surface area contributed by atoms with E-state index in [1.807, 2.05) is 13.8 Å². The summed E-state index contributed by atoms with van der Waals surface area (Å²) in [6.07, 6.45) is 0. The third-order valence-electron chi connectivity index (χ3n) is 3.07. The van der Waals surface area contributed by atoms with E-state index in [4.69, 9.17) is 11.6 Å². The van der Waals surface area contributed by atoms with Crippen LogP contribution in [0.4, 0.5) is 10.1 Å². The van der Waals surface area contributed by atoms with Crippen molar-refractivity contribution in [2.45, 2.75) is 19.9 Å². The van der Waals surface area contributed by atoms with E-state index in [0.29, 0.717) is 10.2 Å². The first kappa shape index (κ1) is 15.3. The zero-order chi connectivity index (χ0) is 15.0. The molecule has 1 heterocycles. The monoisotopic (exact) mass is 362 g/mol. The number of carbonyl (C=O) groups excluding carboxylic acids is 2. The highest BCUT2D eigenvalue weighted by Gasteiger charge is 2.36. The Morgan fingerprint density at radius 3 is 2.65 bits per heavy atom. The second-order valence-corrected chi connectivity index (χ2v) is 6.19. The molecule has 2 amide bonds. The normalized spacial score (nSPS) is 19.5. The molecule has 0 aliphatic carbocycles. The fourth-order valence-electron chi connectivity index (χ4n) is 2.10. The average molecular weight is 364 g/mol. The van der Waals surface area contributed by atoms with Crippen LogP contribution in [0.25, 0.3) is 0 Å². The van der Waals surface area contributed by atoms with Crippen LogP contribution in [-0.4, -0.2) is 24.4 Å². The Labute approximate surface area is 129 Å². The number of nitrogens with zero attached hydrogens (tertiary/aromatic N) is 1. The lowest BCUT2D eigenvalue weighted by Gasteiger charge is -2.35. The van der Waals surface area contributed by atoms with Gasteiger partial charge in [-0.05, 0) is 34.0 Å². The van der Waals surface area contributed by atoms with Crippen LogP contribution in [0.5, 0.6) is 0 Å². The van der Waals surface area contributed by atoms with Gasteiger partial charge in [-0.15, -0.1) is 0 Å². The standard InChI is InChI=1S/C13H13BrClFN2O2/c1-6(2)11-13(20)18(5-10(19)17-11)12-8(14)3-7(16)4-9(12)15/h3-4,6,11H,5H2,1-2H3,(H,17,19). The number of carbonyl (C=O) groups is 2. The molecule has 108 valence electrons. The number of anilines is 1. The van der Waals surface area contributed by atoms with E-state index >= 15 is 0 Å². The zero-order valence-corrected chi connectivity index (χ0v) is 13.3. The topological polar surface area (TPSA) is 49.4 Å². The summed E-state index contributed by atoms with van der Waals surface area (Å²) in [5.41, 5.74) is 0.318. The first-order valence-corrected chi connectivity index (χ1v) is 7.23. The van der Waals surface area contributed by atoms with Crippen molar-refractivity contribution in [1.29, 1.82) is 0 Å². The van der Waals surface area contributed by atoms with E-state index < -0.39 is 11.9 Å². The number of hydrogen-bond donors (Lipinski definition) is 1. The van der Waals surface area contributed by atoms with Gasteiger partial charge in [0.1, 0.15) is 18.4 Å². The van der Waals surface area contributed by atoms with E-state index in [1.165, 1.54) is 11.0 Å². The predicted molar refractivity (Wildman–Crippen MR) is 78.2 cm³/mol. The second kappa shape index (κ2) is 5.69. The van der Waals surface area contributed by atoms with Crippen LogP contribution >= 0.6 is 27.5 Å². The van der Waals surface area contributed by atoms with Gasteiger partial charge in [-0.3, -0.25) is 14.5 Å². The number of piperazine rings is 1. The van der Waals surface area contributed by atoms with E-state index in [2.05, 4.69) is 21.2 Å². The number of nitrogens with one attached hydrogen (secondary N) is 1. The molecule has 0 radical (unpaired) electrons. The first-order chi connectivity index (χ1) is 9.31. The van der Waals surface area contributed by atoms with Crippen molar-refractivity contribution in [2.24, 2.45) is 5.92 Å². The summed E-state index contributed by atoms with van der Waals surface area (Å²) in [4.78, 5) is 25.5. The molecule has 0 saturated carbocycles. The van der Waals surface area contributed by atoms with Gasteiger partial charge in [-0.2, -0.15) is 0 Å². The number of benzene rings is 1. The molecule has 20 heavy (non-hydrogen) atoms. The number of rotatable bonds is 2. The van der Waals surface area contributed by atoms with Crippen molar-refractivity contribution in [2.75, 3.05) is 11.4 Å². The molecule has 1 unspecified atom stereocenters. The average Bonchev–Trinajstić information content (AvgIpc) is 2.31. The molecule has 1 aliphatic rings. The van der Waals surface area contributed by atoms with Crippen LogP contribution in [0.1, 0.15) is 13.8 Å². The molecule has 4 nitrogen and oxygen atoms in total. The number of amides is 2. The smallest absolute Gasteiger partial charge is 0.250 e. The van der Waals surface area contributed by atoms with Crippen molar-refractivity contribution in [3.05, 3.63) is 27.4 Å². The minimum atomic E-state index is -0.607. The minimum absolute atomic E-state index is 0.0488. The van der Waals surface area contributed by atoms with Crippen LogP contribution in [0.2, 0.25) is 5.02 Å². The summed E-state index contributed by atoms with van der Waals surface area (Å²) in [6, 6.07) is 1.72. The first-order valence-electron chi connectivity index (χ1n) is 6.06. The Bertz CT molecular complexity index is 556. The molecule has 1 N–H and O–H groups in total. The molecule has 1 fully saturated rings. The van der Waals surface area contributed by atoms with Crippen LogP contribution in [0, 0.1) is 11.7 Å². The molecular weight excluding hydrogens is 351 g/mol. The molecule has 1 atom stereocenters. The minimum Gasteiger partial charge on any atom is -0.342 e. The Kier molecular flexibility index (Phi) is 4.34. The third kappa shape index (κ3) is 2.81. The van der Waals surface area contributed by atoms with Gasteiger partial charge in [0.2, 0.25) is 11.8 Å². The molecule has 0 spiro atoms. The third-order valence-corrected chi connectivity index (χ3v) is 3.96. The summed E-state index contributed by atoms with van der Waals surface area (Å²) in [5, 5.41) is 2.74. The van der Waals surface area contributed by atoms with Gasteiger partial charge in [-0.1, -0.05) is 25.4 Å². The summed E-state index contributed by atoms with van der Waals surface area (Å²) in [5.74, 6) is -1.09. The van der Waals surface area contributed by atoms with Crippen LogP contribution in [0.3, 0.4) is 0 Å². The van der Waals surface area contributed by atoms with Gasteiger partial charge in [0.05, 0.1) is 10.7 Å². The summed E-state index contributed by atoms with van der Waals surface area (Å²) in [7, 11) is 0. The van der Waals surface area contributed by atoms with Crippen molar-refractivity contribution < 1.29 is 14.0 Å². The number of hydrogen-bond acceptors (Lipinski definition) is 2. The maximum absolute atomic E-state index is 13.3. The summed E-state index contributed by atoms with van der Waals surface area (Å²) >= 11 is 9.20. The van der Waals surface area contributed by atoms with Crippen molar-refractivity contribution >= 4 is 45.0 Å². The fourth-order valence-corrected chi connectivity index (χ4v) is 3.17. The van der Waals surface area contributed by atoms with Crippen LogP contribution in [-0.2, 0) is 9.59 Å². The lowest BCUT2D eigenvalue weighted by Crippen LogP contribution is -2.60. The van der Waals surface area contributed by atoms with Crippen molar-refractivity contribution in [1.82, 2.24) is 5.32 Å². The molecule has 1 aromatic rings. The Balaban J connectivity index is 2.46. The van der Waals surface area contributed by atoms with Gasteiger partial charge in [0.15, 0.2) is 0 Å². The lowest BCUT2D eigenvalue weighted by atomic mass is 10.0. The maximum atomic E-state index is 13.3. The van der Waals surface area contributed by atoms with Crippen molar-refractivity contribution in [3.8, 4) is 0 Å². The van der Waals surface area contributed by atoms with Gasteiger partial charge in [-0.25, -0.2) is 4.39 Å². The lowest BCUT2D eigenvalue weighted by molar-refractivity contribution is -0.132. The fraction of sp³-hybridized carbons (Fsp3) is 0.385. The Hall–Kier alpha value is -1.14. The SMILES string of the molecule is CC(C)C1NC(=O)CN(c2c(Cl)cc(F)cc2Br)C1=O. The van der Waals surface area contributed by atoms with E-state index in [-0.39, 0.29) is 29.3 Å². The molecule has 1 aliphatic heterocycles. The molecule has 1 aromatic carbocycles. The maximum Gasteiger partial charge on any atom is 0.250 e. The molecule has 1 saturated heterocycles. The van der Waals surface area contributed by atoms with Gasteiger partial charge >= 0.3 is 0 Å². The molecule has 0 bridgehead atoms. The predicted octanol–water partition coefficient (Wildman–Crippen LogP) is 2.73. The quantitative estimate of drug-likeness (QED) is 0.878. The van der Waals surface area contributed by atoms with Gasteiger partial charge in [0.25, 0.3) is 0 Å². The number of halogens is 3. The Morgan fingerprint density at radius 2 is 2.10 bits per heavy atom. The van der Waals surface area contributed by atoms with Crippen LogP contribution < -0.4 is 10.2 Å². The van der Waals surface area contributed by atoms with Gasteiger partial charge < -0.3 is 5.32 Å². The Morgan fingerprint density at radius 1 is 1.45 bits per heavy atom. The summed E-state index contributed by atoms with van der Waals surface area (Å²) in [6.45, 7) is 3.55. The molecule has 7 heteroatoms. The van der Waals surface area contributed by atoms with Crippen LogP contribution in [0.15, 0.2) is 16.6 Å². The van der Waals surface area contributed by atoms with E-state index in [9.17, 15) is 14.0 Å². The largest absolute Gasteiger partial charge is 0.342 e. The molecule has 0 aromatic heterocycles. The van der Waals surface area contributed by atoms with Crippen molar-refractivity contribution in [3.63, 3.8) is 0 Å². The summed E-state index contributed by atoms with van der Waals surface area (Å²) < 4.78 is 13.6. The van der Waals surface area contributed by atoms with Gasteiger partial charge in [0, 0.05) is 4.47 Å². The van der Waals surface area contributed by atoms with E-state index in [1.54, 1.807) is 0 Å². The zero-order valence-electron chi connectivity index (χ0n) is 10.9. The highest BCUT2D eigenvalue weighted by molar-refractivity contribution is 9.10. The highest BCUT2D eigenvalue weighted by Crippen LogP contribution is 2.36.